The third kappa shape index (κ3) is 4.05. The van der Waals surface area contributed by atoms with E-state index in [1.807, 2.05) is 4.72 Å². The van der Waals surface area contributed by atoms with Crippen molar-refractivity contribution in [3.8, 4) is 5.69 Å². The quantitative estimate of drug-likeness (QED) is 0.701. The van der Waals surface area contributed by atoms with E-state index in [0.717, 1.165) is 6.07 Å². The van der Waals surface area contributed by atoms with Crippen molar-refractivity contribution in [2.45, 2.75) is 12.4 Å². The summed E-state index contributed by atoms with van der Waals surface area (Å²) in [5.41, 5.74) is -2.28. The van der Waals surface area contributed by atoms with Crippen molar-refractivity contribution in [3.05, 3.63) is 39.3 Å². The minimum Gasteiger partial charge on any atom is -0.281 e. The van der Waals surface area contributed by atoms with Gasteiger partial charge >= 0.3 is 12.2 Å². The van der Waals surface area contributed by atoms with Crippen molar-refractivity contribution >= 4 is 50.5 Å². The Morgan fingerprint density at radius 2 is 1.92 bits per heavy atom. The van der Waals surface area contributed by atoms with Gasteiger partial charge in [-0.05, 0) is 12.1 Å². The summed E-state index contributed by atoms with van der Waals surface area (Å²) in [7, 11) is -3.98. The molecule has 2 aromatic rings. The van der Waals surface area contributed by atoms with Crippen molar-refractivity contribution in [1.82, 2.24) is 14.3 Å². The van der Waals surface area contributed by atoms with E-state index in [9.17, 15) is 26.4 Å². The van der Waals surface area contributed by atoms with Gasteiger partial charge in [-0.25, -0.2) is 22.2 Å². The summed E-state index contributed by atoms with van der Waals surface area (Å²) in [5, 5.41) is 2.38. The summed E-state index contributed by atoms with van der Waals surface area (Å²) in [6, 6.07) is 1.52. The number of alkyl halides is 4. The Bertz CT molecular complexity index is 961. The number of nitrogens with one attached hydrogen (secondary N) is 1. The van der Waals surface area contributed by atoms with Crippen LogP contribution in [0.4, 0.5) is 18.9 Å². The number of hydrogen-bond acceptors (Lipinski definition) is 4. The van der Waals surface area contributed by atoms with E-state index in [4.69, 9.17) is 34.8 Å². The lowest BCUT2D eigenvalue weighted by Gasteiger charge is -2.10. The lowest BCUT2D eigenvalue weighted by atomic mass is 10.2. The van der Waals surface area contributed by atoms with Crippen LogP contribution in [0.2, 0.25) is 5.02 Å². The van der Waals surface area contributed by atoms with E-state index < -0.39 is 50.7 Å². The first kappa shape index (κ1) is 19.9. The van der Waals surface area contributed by atoms with Crippen LogP contribution in [0.15, 0.2) is 16.9 Å². The van der Waals surface area contributed by atoms with Gasteiger partial charge in [0, 0.05) is 0 Å². The Morgan fingerprint density at radius 1 is 1.28 bits per heavy atom. The fourth-order valence-electron chi connectivity index (χ4n) is 1.84. The molecule has 0 amide bonds. The number of benzene rings is 1. The standard InChI is InChI=1S/C11H8Cl3F3N4O3S/c12-3-9-18-21(11(22)20(9)10(16)17)8-2-7(5(14)1-6(8)15)19-25(23,24)4-13/h1-2,10,19H,3-4H2. The highest BCUT2D eigenvalue weighted by molar-refractivity contribution is 7.93. The molecule has 0 aliphatic heterocycles. The van der Waals surface area contributed by atoms with Crippen molar-refractivity contribution in [1.29, 1.82) is 0 Å². The van der Waals surface area contributed by atoms with Crippen LogP contribution in [0.25, 0.3) is 5.69 Å². The zero-order valence-corrected chi connectivity index (χ0v) is 15.0. The molecule has 0 aliphatic carbocycles. The Balaban J connectivity index is 2.67. The fourth-order valence-corrected chi connectivity index (χ4v) is 2.99. The Kier molecular flexibility index (Phi) is 5.92. The lowest BCUT2D eigenvalue weighted by molar-refractivity contribution is 0.0637. The highest BCUT2D eigenvalue weighted by Crippen LogP contribution is 2.28. The molecule has 1 heterocycles. The molecule has 1 N–H and O–H groups in total. The zero-order valence-electron chi connectivity index (χ0n) is 11.9. The molecule has 0 radical (unpaired) electrons. The topological polar surface area (TPSA) is 86.0 Å². The molecule has 0 saturated heterocycles. The highest BCUT2D eigenvalue weighted by atomic mass is 35.5. The van der Waals surface area contributed by atoms with Crippen molar-refractivity contribution in [2.75, 3.05) is 9.93 Å². The van der Waals surface area contributed by atoms with Gasteiger partial charge in [0.15, 0.2) is 11.6 Å². The Labute approximate surface area is 153 Å². The van der Waals surface area contributed by atoms with E-state index >= 15 is 0 Å². The summed E-state index contributed by atoms with van der Waals surface area (Å²) < 4.78 is 65.3. The number of aromatic nitrogens is 3. The first-order chi connectivity index (χ1) is 11.6. The second-order valence-electron chi connectivity index (χ2n) is 4.50. The number of sulfonamides is 1. The second kappa shape index (κ2) is 7.44. The average Bonchev–Trinajstić information content (AvgIpc) is 2.86. The van der Waals surface area contributed by atoms with Gasteiger partial charge in [0.05, 0.1) is 16.6 Å². The largest absolute Gasteiger partial charge is 0.355 e. The summed E-state index contributed by atoms with van der Waals surface area (Å²) in [6.45, 7) is -3.25. The van der Waals surface area contributed by atoms with Crippen molar-refractivity contribution in [2.24, 2.45) is 0 Å². The molecular formula is C11H8Cl3F3N4O3S. The highest BCUT2D eigenvalue weighted by Gasteiger charge is 2.23. The minimum absolute atomic E-state index is 0.0242. The van der Waals surface area contributed by atoms with Crippen LogP contribution >= 0.6 is 34.8 Å². The molecule has 7 nitrogen and oxygen atoms in total. The molecule has 0 saturated carbocycles. The molecule has 138 valence electrons. The third-order valence-electron chi connectivity index (χ3n) is 2.87. The van der Waals surface area contributed by atoms with Crippen molar-refractivity contribution < 1.29 is 21.6 Å². The zero-order chi connectivity index (χ0) is 18.9. The maximum atomic E-state index is 14.1. The number of nitrogens with zero attached hydrogens (tertiary/aromatic N) is 3. The van der Waals surface area contributed by atoms with Gasteiger partial charge in [0.25, 0.3) is 0 Å². The molecule has 14 heteroatoms. The van der Waals surface area contributed by atoms with Crippen LogP contribution in [0.5, 0.6) is 0 Å². The number of anilines is 1. The van der Waals surface area contributed by atoms with Gasteiger partial charge in [-0.2, -0.15) is 13.5 Å². The van der Waals surface area contributed by atoms with E-state index in [1.54, 1.807) is 0 Å². The SMILES string of the molecule is O=c1n(-c2cc(NS(=O)(=O)CCl)c(Cl)cc2F)nc(CCl)n1C(F)F. The minimum atomic E-state index is -3.98. The first-order valence-corrected chi connectivity index (χ1v) is 9.31. The van der Waals surface area contributed by atoms with E-state index in [1.165, 1.54) is 0 Å². The monoisotopic (exact) mass is 438 g/mol. The maximum Gasteiger partial charge on any atom is 0.355 e. The molecule has 0 atom stereocenters. The predicted octanol–water partition coefficient (Wildman–Crippen LogP) is 2.90. The van der Waals surface area contributed by atoms with Crippen LogP contribution < -0.4 is 10.4 Å². The lowest BCUT2D eigenvalue weighted by Crippen LogP contribution is -2.25. The molecule has 0 unspecified atom stereocenters. The summed E-state index contributed by atoms with van der Waals surface area (Å²) in [6.07, 6.45) is 0. The predicted molar refractivity (Wildman–Crippen MR) is 86.9 cm³/mol. The van der Waals surface area contributed by atoms with Crippen LogP contribution in [0.1, 0.15) is 12.4 Å². The molecule has 25 heavy (non-hydrogen) atoms. The third-order valence-corrected chi connectivity index (χ3v) is 5.10. The molecule has 0 spiro atoms. The van der Waals surface area contributed by atoms with Crippen LogP contribution in [-0.2, 0) is 15.9 Å². The van der Waals surface area contributed by atoms with Crippen LogP contribution in [0.3, 0.4) is 0 Å². The smallest absolute Gasteiger partial charge is 0.281 e. The molecular weight excluding hydrogens is 432 g/mol. The van der Waals surface area contributed by atoms with Gasteiger partial charge in [-0.3, -0.25) is 4.72 Å². The number of halogens is 6. The Morgan fingerprint density at radius 3 is 2.40 bits per heavy atom. The van der Waals surface area contributed by atoms with Crippen LogP contribution in [-0.4, -0.2) is 28.0 Å². The van der Waals surface area contributed by atoms with E-state index in [-0.39, 0.29) is 15.3 Å². The Hall–Kier alpha value is -1.43. The molecule has 1 aromatic heterocycles. The van der Waals surface area contributed by atoms with Gasteiger partial charge in [0.1, 0.15) is 10.9 Å². The summed E-state index contributed by atoms with van der Waals surface area (Å²) in [4.78, 5) is 12.0. The maximum absolute atomic E-state index is 14.1. The molecule has 2 rings (SSSR count). The first-order valence-electron chi connectivity index (χ1n) is 6.21. The van der Waals surface area contributed by atoms with Crippen LogP contribution in [0, 0.1) is 5.82 Å². The van der Waals surface area contributed by atoms with E-state index in [0.29, 0.717) is 10.7 Å². The molecule has 0 bridgehead atoms. The average molecular weight is 440 g/mol. The van der Waals surface area contributed by atoms with E-state index in [2.05, 4.69) is 5.10 Å². The fraction of sp³-hybridized carbons (Fsp3) is 0.273. The normalized spacial score (nSPS) is 12.0. The number of rotatable bonds is 6. The molecule has 1 aromatic carbocycles. The summed E-state index contributed by atoms with van der Waals surface area (Å²) in [5.74, 6) is -2.13. The molecule has 0 fully saturated rings. The van der Waals surface area contributed by atoms with Gasteiger partial charge < -0.3 is 0 Å². The van der Waals surface area contributed by atoms with Gasteiger partial charge in [-0.1, -0.05) is 11.6 Å². The van der Waals surface area contributed by atoms with Gasteiger partial charge in [-0.15, -0.1) is 28.3 Å². The number of hydrogen-bond donors (Lipinski definition) is 1. The van der Waals surface area contributed by atoms with Crippen molar-refractivity contribution in [3.63, 3.8) is 0 Å². The summed E-state index contributed by atoms with van der Waals surface area (Å²) >= 11 is 16.5. The van der Waals surface area contributed by atoms with Gasteiger partial charge in [0.2, 0.25) is 10.0 Å². The second-order valence-corrected chi connectivity index (χ2v) is 7.48. The molecule has 0 aliphatic rings.